The van der Waals surface area contributed by atoms with Gasteiger partial charge in [0, 0.05) is 31.1 Å². The van der Waals surface area contributed by atoms with Gasteiger partial charge in [0.15, 0.2) is 0 Å². The zero-order valence-electron chi connectivity index (χ0n) is 13.2. The van der Waals surface area contributed by atoms with Crippen LogP contribution in [0.15, 0.2) is 33.6 Å². The predicted molar refractivity (Wildman–Crippen MR) is 92.7 cm³/mol. The van der Waals surface area contributed by atoms with Crippen LogP contribution in [0.25, 0.3) is 0 Å². The Morgan fingerprint density at radius 1 is 1.13 bits per heavy atom. The molecule has 1 amide bonds. The van der Waals surface area contributed by atoms with E-state index < -0.39 is 10.0 Å². The molecule has 0 saturated carbocycles. The average Bonchev–Trinajstić information content (AvgIpc) is 2.51. The third-order valence-electron chi connectivity index (χ3n) is 3.12. The van der Waals surface area contributed by atoms with Crippen LogP contribution in [-0.2, 0) is 19.6 Å². The average molecular weight is 407 g/mol. The Kier molecular flexibility index (Phi) is 9.39. The lowest BCUT2D eigenvalue weighted by Crippen LogP contribution is -2.27. The van der Waals surface area contributed by atoms with Gasteiger partial charge in [0.2, 0.25) is 15.9 Å². The van der Waals surface area contributed by atoms with Crippen molar-refractivity contribution in [3.05, 3.63) is 28.7 Å². The zero-order valence-corrected chi connectivity index (χ0v) is 15.6. The Balaban J connectivity index is 2.17. The van der Waals surface area contributed by atoms with E-state index >= 15 is 0 Å². The van der Waals surface area contributed by atoms with Crippen molar-refractivity contribution < 1.29 is 17.9 Å². The van der Waals surface area contributed by atoms with Gasteiger partial charge in [-0.05, 0) is 37.1 Å². The Hall–Kier alpha value is -0.960. The molecule has 0 saturated heterocycles. The molecule has 23 heavy (non-hydrogen) atoms. The van der Waals surface area contributed by atoms with Crippen molar-refractivity contribution in [2.75, 3.05) is 26.8 Å². The maximum Gasteiger partial charge on any atom is 0.240 e. The first-order chi connectivity index (χ1) is 11.0. The highest BCUT2D eigenvalue weighted by atomic mass is 79.9. The molecule has 0 bridgehead atoms. The van der Waals surface area contributed by atoms with Crippen LogP contribution in [0.4, 0.5) is 0 Å². The van der Waals surface area contributed by atoms with Crippen LogP contribution >= 0.6 is 15.9 Å². The number of rotatable bonds is 11. The lowest BCUT2D eigenvalue weighted by molar-refractivity contribution is -0.121. The summed E-state index contributed by atoms with van der Waals surface area (Å²) in [5, 5.41) is 2.75. The van der Waals surface area contributed by atoms with Gasteiger partial charge in [-0.3, -0.25) is 4.79 Å². The topological polar surface area (TPSA) is 84.5 Å². The molecule has 0 atom stereocenters. The van der Waals surface area contributed by atoms with E-state index in [1.54, 1.807) is 31.4 Å². The van der Waals surface area contributed by atoms with Crippen LogP contribution < -0.4 is 10.0 Å². The van der Waals surface area contributed by atoms with Gasteiger partial charge in [-0.15, -0.1) is 0 Å². The number of methoxy groups -OCH3 is 1. The first-order valence-corrected chi connectivity index (χ1v) is 9.74. The van der Waals surface area contributed by atoms with E-state index in [0.717, 1.165) is 17.3 Å². The number of carbonyl (C=O) groups excluding carboxylic acids is 1. The van der Waals surface area contributed by atoms with E-state index in [2.05, 4.69) is 26.0 Å². The fourth-order valence-electron chi connectivity index (χ4n) is 1.87. The van der Waals surface area contributed by atoms with Crippen LogP contribution in [0, 0.1) is 0 Å². The molecule has 1 rings (SSSR count). The van der Waals surface area contributed by atoms with E-state index in [9.17, 15) is 13.2 Å². The van der Waals surface area contributed by atoms with Gasteiger partial charge in [0.1, 0.15) is 0 Å². The molecule has 0 heterocycles. The third kappa shape index (κ3) is 8.45. The highest BCUT2D eigenvalue weighted by Gasteiger charge is 2.12. The van der Waals surface area contributed by atoms with Crippen LogP contribution in [0.3, 0.4) is 0 Å². The summed E-state index contributed by atoms with van der Waals surface area (Å²) in [7, 11) is -1.87. The second-order valence-electron chi connectivity index (χ2n) is 5.01. The quantitative estimate of drug-likeness (QED) is 0.550. The molecule has 2 N–H and O–H groups in total. The maximum absolute atomic E-state index is 12.0. The van der Waals surface area contributed by atoms with Gasteiger partial charge < -0.3 is 10.1 Å². The van der Waals surface area contributed by atoms with Crippen molar-refractivity contribution in [3.63, 3.8) is 0 Å². The second-order valence-corrected chi connectivity index (χ2v) is 7.69. The van der Waals surface area contributed by atoms with Crippen LogP contribution in [0.2, 0.25) is 0 Å². The number of benzene rings is 1. The SMILES string of the molecule is COCCNC(=O)CCCCCNS(=O)(=O)c1ccc(Br)cc1. The van der Waals surface area contributed by atoms with E-state index in [0.29, 0.717) is 32.5 Å². The number of hydrogen-bond acceptors (Lipinski definition) is 4. The second kappa shape index (κ2) is 10.7. The number of nitrogens with one attached hydrogen (secondary N) is 2. The van der Waals surface area contributed by atoms with Crippen molar-refractivity contribution >= 4 is 31.9 Å². The molecule has 1 aromatic rings. The molecular formula is C15H23BrN2O4S. The number of sulfonamides is 1. The number of halogens is 1. The van der Waals surface area contributed by atoms with Gasteiger partial charge in [-0.25, -0.2) is 13.1 Å². The molecule has 0 aliphatic rings. The maximum atomic E-state index is 12.0. The Morgan fingerprint density at radius 2 is 1.83 bits per heavy atom. The van der Waals surface area contributed by atoms with E-state index in [1.807, 2.05) is 0 Å². The lowest BCUT2D eigenvalue weighted by Gasteiger charge is -2.07. The van der Waals surface area contributed by atoms with E-state index in [-0.39, 0.29) is 10.8 Å². The number of amides is 1. The molecule has 0 aliphatic carbocycles. The molecule has 0 fully saturated rings. The van der Waals surface area contributed by atoms with Crippen LogP contribution in [0.5, 0.6) is 0 Å². The summed E-state index contributed by atoms with van der Waals surface area (Å²) in [6, 6.07) is 6.49. The standard InChI is InChI=1S/C15H23BrN2O4S/c1-22-12-11-17-15(19)5-3-2-4-10-18-23(20,21)14-8-6-13(16)7-9-14/h6-9,18H,2-5,10-12H2,1H3,(H,17,19). The van der Waals surface area contributed by atoms with Gasteiger partial charge in [-0.2, -0.15) is 0 Å². The molecule has 0 aromatic heterocycles. The highest BCUT2D eigenvalue weighted by molar-refractivity contribution is 9.10. The zero-order chi connectivity index (χ0) is 17.1. The van der Waals surface area contributed by atoms with Crippen LogP contribution in [0.1, 0.15) is 25.7 Å². The highest BCUT2D eigenvalue weighted by Crippen LogP contribution is 2.14. The number of unbranched alkanes of at least 4 members (excludes halogenated alkanes) is 2. The van der Waals surface area contributed by atoms with Crippen molar-refractivity contribution in [2.24, 2.45) is 0 Å². The first kappa shape index (κ1) is 20.1. The van der Waals surface area contributed by atoms with Gasteiger partial charge >= 0.3 is 0 Å². The number of ether oxygens (including phenoxy) is 1. The molecular weight excluding hydrogens is 384 g/mol. The smallest absolute Gasteiger partial charge is 0.240 e. The van der Waals surface area contributed by atoms with Crippen molar-refractivity contribution in [1.29, 1.82) is 0 Å². The summed E-state index contributed by atoms with van der Waals surface area (Å²) in [5.41, 5.74) is 0. The van der Waals surface area contributed by atoms with E-state index in [4.69, 9.17) is 4.74 Å². The Morgan fingerprint density at radius 3 is 2.48 bits per heavy atom. The minimum Gasteiger partial charge on any atom is -0.383 e. The number of carbonyl (C=O) groups is 1. The van der Waals surface area contributed by atoms with Crippen molar-refractivity contribution in [3.8, 4) is 0 Å². The summed E-state index contributed by atoms with van der Waals surface area (Å²) in [4.78, 5) is 11.7. The normalized spacial score (nSPS) is 11.4. The fraction of sp³-hybridized carbons (Fsp3) is 0.533. The molecule has 8 heteroatoms. The molecule has 0 unspecified atom stereocenters. The monoisotopic (exact) mass is 406 g/mol. The molecule has 130 valence electrons. The molecule has 0 aliphatic heterocycles. The molecule has 6 nitrogen and oxygen atoms in total. The van der Waals surface area contributed by atoms with Gasteiger partial charge in [-0.1, -0.05) is 22.4 Å². The Bertz CT molecular complexity index is 576. The van der Waals surface area contributed by atoms with E-state index in [1.165, 1.54) is 0 Å². The predicted octanol–water partition coefficient (Wildman–Crippen LogP) is 2.05. The van der Waals surface area contributed by atoms with Crippen molar-refractivity contribution in [2.45, 2.75) is 30.6 Å². The van der Waals surface area contributed by atoms with Crippen molar-refractivity contribution in [1.82, 2.24) is 10.0 Å². The minimum atomic E-state index is -3.46. The van der Waals surface area contributed by atoms with Gasteiger partial charge in [0.05, 0.1) is 11.5 Å². The summed E-state index contributed by atoms with van der Waals surface area (Å²) in [6.45, 7) is 1.38. The minimum absolute atomic E-state index is 0.00232. The number of hydrogen-bond donors (Lipinski definition) is 2. The summed E-state index contributed by atoms with van der Waals surface area (Å²) < 4.78 is 32.3. The van der Waals surface area contributed by atoms with Gasteiger partial charge in [0.25, 0.3) is 0 Å². The Labute approximate surface area is 146 Å². The van der Waals surface area contributed by atoms with Crippen LogP contribution in [-0.4, -0.2) is 41.1 Å². The summed E-state index contributed by atoms with van der Waals surface area (Å²) in [5.74, 6) is -0.00232. The fourth-order valence-corrected chi connectivity index (χ4v) is 3.21. The third-order valence-corrected chi connectivity index (χ3v) is 5.13. The first-order valence-electron chi connectivity index (χ1n) is 7.46. The summed E-state index contributed by atoms with van der Waals surface area (Å²) in [6.07, 6.45) is 2.67. The lowest BCUT2D eigenvalue weighted by atomic mass is 10.2. The molecule has 1 aromatic carbocycles. The largest absolute Gasteiger partial charge is 0.383 e. The summed E-state index contributed by atoms with van der Waals surface area (Å²) >= 11 is 3.27. The molecule has 0 spiro atoms. The molecule has 0 radical (unpaired) electrons.